The van der Waals surface area contributed by atoms with Gasteiger partial charge >= 0.3 is 11.7 Å². The summed E-state index contributed by atoms with van der Waals surface area (Å²) in [5.41, 5.74) is 0.424. The zero-order valence-corrected chi connectivity index (χ0v) is 22.3. The molecule has 0 aliphatic heterocycles. The summed E-state index contributed by atoms with van der Waals surface area (Å²) in [6, 6.07) is 12.8. The Balaban J connectivity index is 1.77. The molecule has 0 spiro atoms. The largest absolute Gasteiger partial charge is 0.477 e. The van der Waals surface area contributed by atoms with Gasteiger partial charge in [0.05, 0.1) is 28.3 Å². The second-order valence-electron chi connectivity index (χ2n) is 8.66. The van der Waals surface area contributed by atoms with Crippen LogP contribution in [0.2, 0.25) is 9.49 Å². The molecule has 0 bridgehead atoms. The lowest BCUT2D eigenvalue weighted by molar-refractivity contribution is -0.671. The fourth-order valence-electron chi connectivity index (χ4n) is 4.40. The molecule has 1 N–H and O–H groups in total. The van der Waals surface area contributed by atoms with Gasteiger partial charge in [-0.3, -0.25) is 0 Å². The van der Waals surface area contributed by atoms with Crippen molar-refractivity contribution in [2.24, 2.45) is 0 Å². The first-order chi connectivity index (χ1) is 18.5. The van der Waals surface area contributed by atoms with Gasteiger partial charge in [0.1, 0.15) is 6.54 Å². The van der Waals surface area contributed by atoms with Gasteiger partial charge in [-0.2, -0.15) is 27.4 Å². The Hall–Kier alpha value is -3.91. The van der Waals surface area contributed by atoms with Crippen LogP contribution in [0, 0.1) is 18.3 Å². The van der Waals surface area contributed by atoms with Gasteiger partial charge in [-0.15, -0.1) is 11.3 Å². The Morgan fingerprint density at radius 2 is 1.90 bits per heavy atom. The molecular formula is C27H16Cl2F3N4O2S+. The second-order valence-corrected chi connectivity index (χ2v) is 10.8. The highest BCUT2D eigenvalue weighted by molar-refractivity contribution is 7.15. The number of hydrogen-bond acceptors (Lipinski definition) is 5. The Morgan fingerprint density at radius 1 is 1.15 bits per heavy atom. The van der Waals surface area contributed by atoms with E-state index < -0.39 is 17.3 Å². The van der Waals surface area contributed by atoms with E-state index in [0.29, 0.717) is 15.7 Å². The van der Waals surface area contributed by atoms with Crippen LogP contribution in [0.15, 0.2) is 65.7 Å². The lowest BCUT2D eigenvalue weighted by Crippen LogP contribution is -2.41. The second kappa shape index (κ2) is 10.0. The smallest absolute Gasteiger partial charge is 0.416 e. The van der Waals surface area contributed by atoms with Gasteiger partial charge in [-0.05, 0) is 60.5 Å². The van der Waals surface area contributed by atoms with Gasteiger partial charge in [-0.25, -0.2) is 9.78 Å². The van der Waals surface area contributed by atoms with Crippen molar-refractivity contribution in [3.63, 3.8) is 0 Å². The van der Waals surface area contributed by atoms with E-state index in [-0.39, 0.29) is 39.7 Å². The summed E-state index contributed by atoms with van der Waals surface area (Å²) >= 11 is 13.4. The van der Waals surface area contributed by atoms with E-state index in [2.05, 4.69) is 4.98 Å². The third-order valence-electron chi connectivity index (χ3n) is 6.13. The number of pyridine rings is 1. The van der Waals surface area contributed by atoms with Gasteiger partial charge in [0.2, 0.25) is 0 Å². The third kappa shape index (κ3) is 4.96. The molecule has 0 fully saturated rings. The van der Waals surface area contributed by atoms with Crippen LogP contribution in [0.4, 0.5) is 13.2 Å². The molecule has 3 heterocycles. The molecular weight excluding hydrogens is 572 g/mol. The van der Waals surface area contributed by atoms with Gasteiger partial charge in [0, 0.05) is 22.3 Å². The van der Waals surface area contributed by atoms with E-state index in [1.54, 1.807) is 36.0 Å². The zero-order chi connectivity index (χ0) is 28.1. The van der Waals surface area contributed by atoms with E-state index in [9.17, 15) is 28.3 Å². The van der Waals surface area contributed by atoms with Gasteiger partial charge in [0.25, 0.3) is 11.5 Å². The number of fused-ring (bicyclic) bond motifs is 1. The molecule has 5 aromatic rings. The Labute approximate surface area is 233 Å². The average Bonchev–Trinajstić information content (AvgIpc) is 3.30. The summed E-state index contributed by atoms with van der Waals surface area (Å²) < 4.78 is 42.7. The van der Waals surface area contributed by atoms with Crippen LogP contribution >= 0.6 is 34.5 Å². The van der Waals surface area contributed by atoms with Crippen LogP contribution in [0.3, 0.4) is 0 Å². The Bertz CT molecular complexity index is 1880. The highest BCUT2D eigenvalue weighted by atomic mass is 35.5. The van der Waals surface area contributed by atoms with Crippen molar-refractivity contribution in [1.82, 2.24) is 9.38 Å². The summed E-state index contributed by atoms with van der Waals surface area (Å²) in [6.07, 6.45) is -1.45. The van der Waals surface area contributed by atoms with E-state index in [1.807, 2.05) is 6.07 Å². The summed E-state index contributed by atoms with van der Waals surface area (Å²) in [7, 11) is 0. The lowest BCUT2D eigenvalue weighted by Gasteiger charge is -2.13. The maximum absolute atomic E-state index is 13.7. The number of aromatic nitrogens is 3. The number of aromatic hydroxyl groups is 1. The minimum atomic E-state index is -4.58. The molecule has 39 heavy (non-hydrogen) atoms. The standard InChI is InChI=1S/C27H15Cl2F3N4O2S/c1-14-3-2-6-35-23(14)36(13-19-12-34-26(29)39-19)25(38)22(24(35)37)17-8-15(11-33)7-16(9-17)20-5-4-18(10-21(20)28)27(30,31)32/h2-10,12H,13H2,1H3/p+1. The Kier molecular flexibility index (Phi) is 6.84. The topological polar surface area (TPSA) is 82.3 Å². The first kappa shape index (κ1) is 26.7. The molecule has 2 aromatic carbocycles. The van der Waals surface area contributed by atoms with Crippen molar-refractivity contribution >= 4 is 40.2 Å². The van der Waals surface area contributed by atoms with Crippen LogP contribution in [-0.4, -0.2) is 14.5 Å². The molecule has 0 radical (unpaired) electrons. The molecule has 0 saturated carbocycles. The van der Waals surface area contributed by atoms with Gasteiger partial charge in [0.15, 0.2) is 10.0 Å². The number of nitriles is 1. The van der Waals surface area contributed by atoms with Crippen molar-refractivity contribution in [3.05, 3.63) is 102 Å². The summed E-state index contributed by atoms with van der Waals surface area (Å²) in [5, 5.41) is 21.0. The molecule has 3 aromatic heterocycles. The van der Waals surface area contributed by atoms with Crippen LogP contribution in [0.5, 0.6) is 5.88 Å². The van der Waals surface area contributed by atoms with Crippen molar-refractivity contribution in [1.29, 1.82) is 5.26 Å². The molecule has 6 nitrogen and oxygen atoms in total. The predicted octanol–water partition coefficient (Wildman–Crippen LogP) is 6.64. The van der Waals surface area contributed by atoms with E-state index in [0.717, 1.165) is 22.6 Å². The number of rotatable bonds is 4. The lowest BCUT2D eigenvalue weighted by atomic mass is 9.96. The van der Waals surface area contributed by atoms with Crippen LogP contribution < -0.4 is 10.1 Å². The Morgan fingerprint density at radius 3 is 2.54 bits per heavy atom. The van der Waals surface area contributed by atoms with Gasteiger partial charge in [-0.1, -0.05) is 29.3 Å². The maximum atomic E-state index is 13.7. The normalized spacial score (nSPS) is 11.6. The number of benzene rings is 2. The fraction of sp³-hybridized carbons (Fsp3) is 0.111. The number of thiazole rings is 1. The average molecular weight is 588 g/mol. The zero-order valence-electron chi connectivity index (χ0n) is 19.9. The van der Waals surface area contributed by atoms with E-state index in [1.165, 1.54) is 40.0 Å². The maximum Gasteiger partial charge on any atom is 0.416 e. The first-order valence-electron chi connectivity index (χ1n) is 11.3. The quantitative estimate of drug-likeness (QED) is 0.239. The number of aryl methyl sites for hydroxylation is 1. The third-order valence-corrected chi connectivity index (χ3v) is 7.54. The molecule has 0 saturated heterocycles. The fourth-order valence-corrected chi connectivity index (χ4v) is 5.66. The molecule has 0 unspecified atom stereocenters. The van der Waals surface area contributed by atoms with Crippen molar-refractivity contribution < 1.29 is 22.8 Å². The predicted molar refractivity (Wildman–Crippen MR) is 142 cm³/mol. The highest BCUT2D eigenvalue weighted by Gasteiger charge is 2.31. The number of halogens is 5. The number of alkyl halides is 3. The SMILES string of the molecule is Cc1cccn2c(=O)c(-c3cc(C#N)cc(-c4ccc(C(F)(F)F)cc4Cl)c3)c(O)[n+](Cc3cnc(Cl)s3)c12. The molecule has 0 aliphatic carbocycles. The first-order valence-corrected chi connectivity index (χ1v) is 12.8. The van der Waals surface area contributed by atoms with E-state index >= 15 is 0 Å². The van der Waals surface area contributed by atoms with Crippen LogP contribution in [0.25, 0.3) is 27.9 Å². The molecule has 196 valence electrons. The molecule has 0 amide bonds. The van der Waals surface area contributed by atoms with Crippen LogP contribution in [0.1, 0.15) is 21.6 Å². The van der Waals surface area contributed by atoms with E-state index in [4.69, 9.17) is 23.2 Å². The number of nitrogens with zero attached hydrogens (tertiary/aromatic N) is 4. The monoisotopic (exact) mass is 587 g/mol. The summed E-state index contributed by atoms with van der Waals surface area (Å²) in [4.78, 5) is 18.5. The molecule has 12 heteroatoms. The molecule has 5 rings (SSSR count). The summed E-state index contributed by atoms with van der Waals surface area (Å²) in [6.45, 7) is 1.94. The summed E-state index contributed by atoms with van der Waals surface area (Å²) in [5.74, 6) is -0.363. The van der Waals surface area contributed by atoms with Gasteiger partial charge < -0.3 is 5.11 Å². The van der Waals surface area contributed by atoms with Crippen molar-refractivity contribution in [2.45, 2.75) is 19.6 Å². The highest BCUT2D eigenvalue weighted by Crippen LogP contribution is 2.37. The van der Waals surface area contributed by atoms with Crippen molar-refractivity contribution in [2.75, 3.05) is 0 Å². The number of hydrogen-bond donors (Lipinski definition) is 1. The minimum absolute atomic E-state index is 0.102. The van der Waals surface area contributed by atoms with Crippen LogP contribution in [-0.2, 0) is 12.7 Å². The molecule has 0 aliphatic rings. The van der Waals surface area contributed by atoms with Crippen molar-refractivity contribution in [3.8, 4) is 34.2 Å². The minimum Gasteiger partial charge on any atom is -0.477 e. The molecule has 0 atom stereocenters.